The molecule has 7 heteroatoms. The Morgan fingerprint density at radius 1 is 1.26 bits per heavy atom. The maximum absolute atomic E-state index is 13.4. The first-order valence-corrected chi connectivity index (χ1v) is 5.62. The number of hydrogen-bond donors (Lipinski definition) is 2. The molecule has 19 heavy (non-hydrogen) atoms. The minimum atomic E-state index is -0.673. The molecular formula is C12H13FN4O2. The number of hydrogen-bond acceptors (Lipinski definition) is 6. The zero-order chi connectivity index (χ0) is 13.7. The average molecular weight is 264 g/mol. The second-order valence-electron chi connectivity index (χ2n) is 3.50. The fourth-order valence-electron chi connectivity index (χ4n) is 1.37. The van der Waals surface area contributed by atoms with Crippen LogP contribution in [0.25, 0.3) is 0 Å². The number of halogens is 1. The van der Waals surface area contributed by atoms with E-state index in [1.807, 2.05) is 6.92 Å². The van der Waals surface area contributed by atoms with Crippen LogP contribution in [-0.2, 0) is 0 Å². The van der Waals surface area contributed by atoms with Gasteiger partial charge in [-0.1, -0.05) is 0 Å². The number of ether oxygens (including phenoxy) is 2. The van der Waals surface area contributed by atoms with Gasteiger partial charge in [-0.25, -0.2) is 10.8 Å². The fourth-order valence-corrected chi connectivity index (χ4v) is 1.37. The number of aromatic nitrogens is 2. The predicted octanol–water partition coefficient (Wildman–Crippen LogP) is 2.09. The Labute approximate surface area is 109 Å². The Bertz CT molecular complexity index is 548. The quantitative estimate of drug-likeness (QED) is 0.635. The molecule has 0 atom stereocenters. The first kappa shape index (κ1) is 13.0. The molecular weight excluding hydrogens is 251 g/mol. The van der Waals surface area contributed by atoms with E-state index in [2.05, 4.69) is 15.4 Å². The van der Waals surface area contributed by atoms with Crippen LogP contribution in [-0.4, -0.2) is 16.6 Å². The molecule has 0 bridgehead atoms. The Balaban J connectivity index is 2.16. The summed E-state index contributed by atoms with van der Waals surface area (Å²) in [6, 6.07) is 6.75. The topological polar surface area (TPSA) is 82.3 Å². The lowest BCUT2D eigenvalue weighted by atomic mass is 10.3. The van der Waals surface area contributed by atoms with Crippen LogP contribution < -0.4 is 20.7 Å². The van der Waals surface area contributed by atoms with E-state index in [4.69, 9.17) is 15.3 Å². The van der Waals surface area contributed by atoms with Gasteiger partial charge in [0.25, 0.3) is 5.88 Å². The van der Waals surface area contributed by atoms with Crippen molar-refractivity contribution in [2.45, 2.75) is 6.92 Å². The SMILES string of the molecule is CCOc1ccc(Oc2nc(NN)ncc2F)cc1. The van der Waals surface area contributed by atoms with Gasteiger partial charge in [-0.2, -0.15) is 9.37 Å². The Morgan fingerprint density at radius 3 is 2.58 bits per heavy atom. The number of nitrogens with two attached hydrogens (primary N) is 1. The van der Waals surface area contributed by atoms with E-state index < -0.39 is 5.82 Å². The largest absolute Gasteiger partial charge is 0.494 e. The molecule has 0 aliphatic carbocycles. The summed E-state index contributed by atoms with van der Waals surface area (Å²) < 4.78 is 24.0. The van der Waals surface area contributed by atoms with Crippen molar-refractivity contribution in [2.75, 3.05) is 12.0 Å². The van der Waals surface area contributed by atoms with Gasteiger partial charge < -0.3 is 9.47 Å². The van der Waals surface area contributed by atoms with Gasteiger partial charge in [0.05, 0.1) is 12.8 Å². The van der Waals surface area contributed by atoms with Crippen molar-refractivity contribution >= 4 is 5.95 Å². The van der Waals surface area contributed by atoms with Gasteiger partial charge in [0.2, 0.25) is 11.8 Å². The maximum Gasteiger partial charge on any atom is 0.260 e. The van der Waals surface area contributed by atoms with E-state index in [9.17, 15) is 4.39 Å². The lowest BCUT2D eigenvalue weighted by molar-refractivity contribution is 0.339. The number of nitrogens with zero attached hydrogens (tertiary/aromatic N) is 2. The summed E-state index contributed by atoms with van der Waals surface area (Å²) in [7, 11) is 0. The molecule has 3 N–H and O–H groups in total. The Hall–Kier alpha value is -2.41. The zero-order valence-electron chi connectivity index (χ0n) is 10.3. The molecule has 0 spiro atoms. The van der Waals surface area contributed by atoms with Crippen molar-refractivity contribution in [3.63, 3.8) is 0 Å². The van der Waals surface area contributed by atoms with Crippen LogP contribution in [0.15, 0.2) is 30.5 Å². The highest BCUT2D eigenvalue weighted by molar-refractivity contribution is 5.35. The lowest BCUT2D eigenvalue weighted by Crippen LogP contribution is -2.11. The van der Waals surface area contributed by atoms with Gasteiger partial charge in [-0.3, -0.25) is 5.43 Å². The van der Waals surface area contributed by atoms with Gasteiger partial charge >= 0.3 is 0 Å². The molecule has 0 aliphatic rings. The minimum absolute atomic E-state index is 0.0716. The first-order valence-electron chi connectivity index (χ1n) is 5.62. The first-order chi connectivity index (χ1) is 9.22. The fraction of sp³-hybridized carbons (Fsp3) is 0.167. The van der Waals surface area contributed by atoms with Crippen molar-refractivity contribution in [3.05, 3.63) is 36.3 Å². The van der Waals surface area contributed by atoms with E-state index in [0.717, 1.165) is 6.20 Å². The van der Waals surface area contributed by atoms with E-state index in [1.54, 1.807) is 24.3 Å². The number of hydrazine groups is 1. The molecule has 0 fully saturated rings. The molecule has 0 amide bonds. The van der Waals surface area contributed by atoms with Crippen molar-refractivity contribution in [1.29, 1.82) is 0 Å². The van der Waals surface area contributed by atoms with Crippen molar-refractivity contribution in [3.8, 4) is 17.4 Å². The molecule has 6 nitrogen and oxygen atoms in total. The molecule has 0 radical (unpaired) electrons. The number of benzene rings is 1. The molecule has 1 heterocycles. The molecule has 1 aromatic carbocycles. The third-order valence-corrected chi connectivity index (χ3v) is 2.19. The van der Waals surface area contributed by atoms with E-state index in [0.29, 0.717) is 18.1 Å². The molecule has 2 aromatic rings. The number of nitrogen functional groups attached to an aromatic ring is 1. The molecule has 100 valence electrons. The maximum atomic E-state index is 13.4. The van der Waals surface area contributed by atoms with Crippen LogP contribution in [0, 0.1) is 5.82 Å². The van der Waals surface area contributed by atoms with Gasteiger partial charge in [-0.15, -0.1) is 0 Å². The summed E-state index contributed by atoms with van der Waals surface area (Å²) in [4.78, 5) is 7.38. The molecule has 0 aliphatic heterocycles. The third kappa shape index (κ3) is 3.29. The third-order valence-electron chi connectivity index (χ3n) is 2.19. The summed E-state index contributed by atoms with van der Waals surface area (Å²) in [5, 5.41) is 0. The van der Waals surface area contributed by atoms with Gasteiger partial charge in [0.15, 0.2) is 0 Å². The van der Waals surface area contributed by atoms with Gasteiger partial charge in [0, 0.05) is 0 Å². The average Bonchev–Trinajstić information content (AvgIpc) is 2.44. The normalized spacial score (nSPS) is 10.1. The van der Waals surface area contributed by atoms with Crippen LogP contribution in [0.5, 0.6) is 17.4 Å². The van der Waals surface area contributed by atoms with Gasteiger partial charge in [-0.05, 0) is 31.2 Å². The summed E-state index contributed by atoms with van der Waals surface area (Å²) in [5.41, 5.74) is 2.22. The van der Waals surface area contributed by atoms with Crippen LogP contribution >= 0.6 is 0 Å². The number of rotatable bonds is 5. The van der Waals surface area contributed by atoms with Crippen molar-refractivity contribution in [1.82, 2.24) is 9.97 Å². The Kier molecular flexibility index (Phi) is 4.09. The summed E-state index contributed by atoms with van der Waals surface area (Å²) in [5.74, 6) is 5.49. The summed E-state index contributed by atoms with van der Waals surface area (Å²) in [6.07, 6.45) is 0.978. The summed E-state index contributed by atoms with van der Waals surface area (Å²) >= 11 is 0. The molecule has 0 unspecified atom stereocenters. The molecule has 0 saturated carbocycles. The number of anilines is 1. The van der Waals surface area contributed by atoms with Crippen LogP contribution in [0.3, 0.4) is 0 Å². The standard InChI is InChI=1S/C12H13FN4O2/c1-2-18-8-3-5-9(6-4-8)19-11-10(13)7-15-12(16-11)17-14/h3-7H,2,14H2,1H3,(H,15,16,17). The highest BCUT2D eigenvalue weighted by atomic mass is 19.1. The highest BCUT2D eigenvalue weighted by Crippen LogP contribution is 2.24. The second kappa shape index (κ2) is 5.96. The molecule has 2 rings (SSSR count). The monoisotopic (exact) mass is 264 g/mol. The zero-order valence-corrected chi connectivity index (χ0v) is 10.3. The van der Waals surface area contributed by atoms with Crippen molar-refractivity contribution < 1.29 is 13.9 Å². The smallest absolute Gasteiger partial charge is 0.260 e. The van der Waals surface area contributed by atoms with Crippen molar-refractivity contribution in [2.24, 2.45) is 5.84 Å². The lowest BCUT2D eigenvalue weighted by Gasteiger charge is -2.08. The van der Waals surface area contributed by atoms with Crippen LogP contribution in [0.4, 0.5) is 10.3 Å². The van der Waals surface area contributed by atoms with Gasteiger partial charge in [0.1, 0.15) is 11.5 Å². The number of nitrogens with one attached hydrogen (secondary N) is 1. The van der Waals surface area contributed by atoms with Crippen LogP contribution in [0.1, 0.15) is 6.92 Å². The minimum Gasteiger partial charge on any atom is -0.494 e. The summed E-state index contributed by atoms with van der Waals surface area (Å²) in [6.45, 7) is 2.47. The van der Waals surface area contributed by atoms with E-state index >= 15 is 0 Å². The van der Waals surface area contributed by atoms with Crippen LogP contribution in [0.2, 0.25) is 0 Å². The van der Waals surface area contributed by atoms with E-state index in [1.165, 1.54) is 0 Å². The Morgan fingerprint density at radius 2 is 1.95 bits per heavy atom. The second-order valence-corrected chi connectivity index (χ2v) is 3.50. The molecule has 1 aromatic heterocycles. The van der Waals surface area contributed by atoms with E-state index in [-0.39, 0.29) is 11.8 Å². The predicted molar refractivity (Wildman–Crippen MR) is 67.5 cm³/mol. The highest BCUT2D eigenvalue weighted by Gasteiger charge is 2.09. The molecule has 0 saturated heterocycles.